The zero-order chi connectivity index (χ0) is 23.2. The molecule has 4 rings (SSSR count). The van der Waals surface area contributed by atoms with Crippen LogP contribution >= 0.6 is 11.3 Å². The molecular weight excluding hydrogens is 446 g/mol. The van der Waals surface area contributed by atoms with Crippen LogP contribution in [0.15, 0.2) is 60.0 Å². The van der Waals surface area contributed by atoms with Gasteiger partial charge in [-0.05, 0) is 34.0 Å². The van der Waals surface area contributed by atoms with Crippen molar-refractivity contribution in [1.29, 1.82) is 0 Å². The summed E-state index contributed by atoms with van der Waals surface area (Å²) in [6, 6.07) is 15.6. The number of aromatic nitrogens is 4. The van der Waals surface area contributed by atoms with Crippen LogP contribution in [0.3, 0.4) is 0 Å². The third-order valence-electron chi connectivity index (χ3n) is 4.60. The molecule has 168 valence electrons. The van der Waals surface area contributed by atoms with Gasteiger partial charge >= 0.3 is 5.97 Å². The van der Waals surface area contributed by atoms with E-state index in [-0.39, 0.29) is 23.8 Å². The second-order valence-corrected chi connectivity index (χ2v) is 7.55. The van der Waals surface area contributed by atoms with Crippen LogP contribution in [-0.4, -0.2) is 46.3 Å². The molecule has 2 aromatic heterocycles. The van der Waals surface area contributed by atoms with Gasteiger partial charge in [0.2, 0.25) is 0 Å². The third-order valence-corrected chi connectivity index (χ3v) is 5.47. The Hall–Kier alpha value is -4.25. The van der Waals surface area contributed by atoms with Crippen molar-refractivity contribution in [2.75, 3.05) is 19.5 Å². The van der Waals surface area contributed by atoms with Gasteiger partial charge in [0.1, 0.15) is 0 Å². The number of carbonyl (C=O) groups is 2. The summed E-state index contributed by atoms with van der Waals surface area (Å²) in [4.78, 5) is 26.1. The lowest BCUT2D eigenvalue weighted by Gasteiger charge is -2.15. The van der Waals surface area contributed by atoms with Gasteiger partial charge < -0.3 is 19.5 Å². The molecule has 0 aliphatic rings. The van der Waals surface area contributed by atoms with E-state index in [1.165, 1.54) is 42.4 Å². The van der Waals surface area contributed by atoms with Crippen molar-refractivity contribution in [2.24, 2.45) is 0 Å². The summed E-state index contributed by atoms with van der Waals surface area (Å²) in [5, 5.41) is 16.1. The van der Waals surface area contributed by atoms with E-state index < -0.39 is 5.97 Å². The number of carbonyl (C=O) groups excluding carboxylic acids is 2. The van der Waals surface area contributed by atoms with E-state index >= 15 is 0 Å². The number of esters is 1. The Morgan fingerprint density at radius 2 is 1.79 bits per heavy atom. The van der Waals surface area contributed by atoms with E-state index in [9.17, 15) is 9.59 Å². The normalized spacial score (nSPS) is 10.5. The van der Waals surface area contributed by atoms with Gasteiger partial charge in [-0.1, -0.05) is 24.3 Å². The molecule has 0 aliphatic heterocycles. The number of hydrogen-bond donors (Lipinski definition) is 1. The number of nitrogens with one attached hydrogen (secondary N) is 1. The zero-order valence-corrected chi connectivity index (χ0v) is 18.5. The number of tetrazole rings is 1. The summed E-state index contributed by atoms with van der Waals surface area (Å²) in [6.45, 7) is -0.187. The van der Waals surface area contributed by atoms with Gasteiger partial charge in [0.25, 0.3) is 5.91 Å². The molecule has 2 aromatic carbocycles. The van der Waals surface area contributed by atoms with E-state index in [2.05, 4.69) is 20.8 Å². The topological polar surface area (TPSA) is 117 Å². The Morgan fingerprint density at radius 3 is 2.48 bits per heavy atom. The molecule has 4 aromatic rings. The molecule has 0 aliphatic carbocycles. The molecule has 0 saturated heterocycles. The molecule has 2 heterocycles. The van der Waals surface area contributed by atoms with Crippen LogP contribution in [0.5, 0.6) is 11.5 Å². The lowest BCUT2D eigenvalue weighted by Crippen LogP contribution is -2.16. The average Bonchev–Trinajstić information content (AvgIpc) is 3.55. The number of methoxy groups -OCH3 is 2. The van der Waals surface area contributed by atoms with Gasteiger partial charge in [-0.3, -0.25) is 4.79 Å². The lowest BCUT2D eigenvalue weighted by atomic mass is 10.1. The van der Waals surface area contributed by atoms with Gasteiger partial charge in [0, 0.05) is 12.1 Å². The van der Waals surface area contributed by atoms with Crippen LogP contribution in [0.25, 0.3) is 5.69 Å². The van der Waals surface area contributed by atoms with E-state index in [0.29, 0.717) is 22.2 Å². The highest BCUT2D eigenvalue weighted by molar-refractivity contribution is 7.12. The monoisotopic (exact) mass is 465 g/mol. The van der Waals surface area contributed by atoms with Gasteiger partial charge in [-0.25, -0.2) is 4.79 Å². The van der Waals surface area contributed by atoms with Crippen LogP contribution in [0.4, 0.5) is 5.69 Å². The molecule has 0 saturated carbocycles. The molecular formula is C22H19N5O5S. The van der Waals surface area contributed by atoms with Crippen molar-refractivity contribution in [3.63, 3.8) is 0 Å². The van der Waals surface area contributed by atoms with Crippen molar-refractivity contribution in [3.8, 4) is 17.2 Å². The van der Waals surface area contributed by atoms with Crippen molar-refractivity contribution in [1.82, 2.24) is 20.2 Å². The second kappa shape index (κ2) is 9.92. The highest BCUT2D eigenvalue weighted by Gasteiger charge is 2.21. The number of anilines is 1. The Bertz CT molecular complexity index is 1260. The van der Waals surface area contributed by atoms with E-state index in [1.54, 1.807) is 17.5 Å². The fraction of sp³-hybridized carbons (Fsp3) is 0.136. The first-order valence-corrected chi connectivity index (χ1v) is 10.6. The SMILES string of the molecule is COc1cc(NC(=O)c2cccs2)c(C(=O)OCc2nnnn2-c2ccccc2)cc1OC. The summed E-state index contributed by atoms with van der Waals surface area (Å²) in [6.07, 6.45) is 0. The minimum absolute atomic E-state index is 0.0938. The zero-order valence-electron chi connectivity index (χ0n) is 17.7. The van der Waals surface area contributed by atoms with Crippen LogP contribution in [0.1, 0.15) is 25.9 Å². The average molecular weight is 465 g/mol. The number of benzene rings is 2. The lowest BCUT2D eigenvalue weighted by molar-refractivity contribution is 0.0460. The largest absolute Gasteiger partial charge is 0.493 e. The first-order valence-electron chi connectivity index (χ1n) is 9.71. The van der Waals surface area contributed by atoms with Crippen LogP contribution < -0.4 is 14.8 Å². The minimum Gasteiger partial charge on any atom is -0.493 e. The van der Waals surface area contributed by atoms with Crippen molar-refractivity contribution in [3.05, 3.63) is 76.2 Å². The number of rotatable bonds is 8. The van der Waals surface area contributed by atoms with E-state index in [1.807, 2.05) is 30.3 Å². The molecule has 0 radical (unpaired) electrons. The predicted octanol–water partition coefficient (Wildman–Crippen LogP) is 3.35. The molecule has 1 amide bonds. The van der Waals surface area contributed by atoms with Crippen LogP contribution in [0.2, 0.25) is 0 Å². The number of thiophene rings is 1. The van der Waals surface area contributed by atoms with Crippen molar-refractivity contribution in [2.45, 2.75) is 6.61 Å². The van der Waals surface area contributed by atoms with Crippen LogP contribution in [0, 0.1) is 0 Å². The van der Waals surface area contributed by atoms with Gasteiger partial charge in [0.05, 0.1) is 36.0 Å². The quantitative estimate of drug-likeness (QED) is 0.394. The molecule has 0 bridgehead atoms. The summed E-state index contributed by atoms with van der Waals surface area (Å²) in [7, 11) is 2.91. The Labute approximate surface area is 192 Å². The highest BCUT2D eigenvalue weighted by atomic mass is 32.1. The maximum atomic E-state index is 13.0. The molecule has 10 nitrogen and oxygen atoms in total. The molecule has 0 fully saturated rings. The van der Waals surface area contributed by atoms with Gasteiger partial charge in [0.15, 0.2) is 23.9 Å². The smallest absolute Gasteiger partial charge is 0.340 e. The number of amides is 1. The molecule has 33 heavy (non-hydrogen) atoms. The number of para-hydroxylation sites is 1. The first kappa shape index (κ1) is 22.0. The molecule has 0 atom stereocenters. The van der Waals surface area contributed by atoms with Gasteiger partial charge in [-0.2, -0.15) is 4.68 Å². The Kier molecular flexibility index (Phi) is 6.60. The van der Waals surface area contributed by atoms with Gasteiger partial charge in [-0.15, -0.1) is 16.4 Å². The fourth-order valence-corrected chi connectivity index (χ4v) is 3.64. The summed E-state index contributed by atoms with van der Waals surface area (Å²) < 4.78 is 17.6. The van der Waals surface area contributed by atoms with Crippen molar-refractivity contribution < 1.29 is 23.8 Å². The Balaban J connectivity index is 1.59. The molecule has 11 heteroatoms. The van der Waals surface area contributed by atoms with Crippen molar-refractivity contribution >= 4 is 28.9 Å². The van der Waals surface area contributed by atoms with E-state index in [4.69, 9.17) is 14.2 Å². The standard InChI is InChI=1S/C22H19N5O5S/c1-30-17-11-15(16(12-18(17)31-2)23-21(28)19-9-6-10-33-19)22(29)32-13-20-24-25-26-27(20)14-7-4-3-5-8-14/h3-12H,13H2,1-2H3,(H,23,28). The molecule has 0 spiro atoms. The third kappa shape index (κ3) is 4.83. The Morgan fingerprint density at radius 1 is 1.03 bits per heavy atom. The summed E-state index contributed by atoms with van der Waals surface area (Å²) in [5.74, 6) is -0.0604. The summed E-state index contributed by atoms with van der Waals surface area (Å²) >= 11 is 1.28. The first-order chi connectivity index (χ1) is 16.1. The maximum absolute atomic E-state index is 13.0. The summed E-state index contributed by atoms with van der Waals surface area (Å²) in [5.41, 5.74) is 1.04. The maximum Gasteiger partial charge on any atom is 0.340 e. The minimum atomic E-state index is -0.694. The fourth-order valence-electron chi connectivity index (χ4n) is 3.02. The second-order valence-electron chi connectivity index (χ2n) is 6.60. The highest BCUT2D eigenvalue weighted by Crippen LogP contribution is 2.34. The number of hydrogen-bond acceptors (Lipinski definition) is 9. The molecule has 1 N–H and O–H groups in total. The predicted molar refractivity (Wildman–Crippen MR) is 120 cm³/mol. The van der Waals surface area contributed by atoms with Crippen LogP contribution in [-0.2, 0) is 11.3 Å². The van der Waals surface area contributed by atoms with E-state index in [0.717, 1.165) is 5.69 Å². The molecule has 0 unspecified atom stereocenters. The number of ether oxygens (including phenoxy) is 3. The number of nitrogens with zero attached hydrogens (tertiary/aromatic N) is 4.